The Hall–Kier alpha value is -3.21. The fourth-order valence-electron chi connectivity index (χ4n) is 4.60. The molecule has 4 heteroatoms. The van der Waals surface area contributed by atoms with E-state index < -0.39 is 5.60 Å². The predicted octanol–water partition coefficient (Wildman–Crippen LogP) is 6.05. The van der Waals surface area contributed by atoms with E-state index in [0.717, 1.165) is 43.4 Å². The molecule has 5 aromatic rings. The molecule has 30 heavy (non-hydrogen) atoms. The smallest absolute Gasteiger partial charge is 0.177 e. The number of para-hydroxylation sites is 2. The Kier molecular flexibility index (Phi) is 3.76. The molecule has 1 unspecified atom stereocenters. The standard InChI is InChI=1S/C26H17BrN2O/c27-20-13-8-16-23-24(20)26(30,25-28-21-14-6-7-15-22(21)29(23)25)19-12-5-4-11-18(19)17-9-2-1-3-10-17/h1-16,30H. The van der Waals surface area contributed by atoms with Gasteiger partial charge in [-0.25, -0.2) is 4.98 Å². The van der Waals surface area contributed by atoms with Crippen molar-refractivity contribution in [2.24, 2.45) is 0 Å². The van der Waals surface area contributed by atoms with Crippen LogP contribution in [0.3, 0.4) is 0 Å². The lowest BCUT2D eigenvalue weighted by Crippen LogP contribution is -2.28. The highest BCUT2D eigenvalue weighted by Gasteiger charge is 2.48. The summed E-state index contributed by atoms with van der Waals surface area (Å²) in [5.74, 6) is 0.619. The van der Waals surface area contributed by atoms with Crippen LogP contribution in [-0.2, 0) is 5.60 Å². The Morgan fingerprint density at radius 3 is 2.37 bits per heavy atom. The van der Waals surface area contributed by atoms with Crippen LogP contribution in [0.1, 0.15) is 17.0 Å². The monoisotopic (exact) mass is 452 g/mol. The molecule has 0 saturated heterocycles. The van der Waals surface area contributed by atoms with Crippen molar-refractivity contribution in [3.8, 4) is 16.8 Å². The number of fused-ring (bicyclic) bond motifs is 5. The summed E-state index contributed by atoms with van der Waals surface area (Å²) in [6.07, 6.45) is 0. The molecule has 1 N–H and O–H groups in total. The van der Waals surface area contributed by atoms with Crippen LogP contribution in [0.15, 0.2) is 102 Å². The first-order chi connectivity index (χ1) is 14.7. The topological polar surface area (TPSA) is 38.0 Å². The van der Waals surface area contributed by atoms with Crippen molar-refractivity contribution in [2.75, 3.05) is 0 Å². The second kappa shape index (κ2) is 6.39. The molecule has 0 saturated carbocycles. The lowest BCUT2D eigenvalue weighted by molar-refractivity contribution is 0.122. The first-order valence-corrected chi connectivity index (χ1v) is 10.6. The summed E-state index contributed by atoms with van der Waals surface area (Å²) >= 11 is 3.71. The summed E-state index contributed by atoms with van der Waals surface area (Å²) in [6.45, 7) is 0. The van der Waals surface area contributed by atoms with E-state index >= 15 is 0 Å². The summed E-state index contributed by atoms with van der Waals surface area (Å²) in [5, 5.41) is 12.5. The highest BCUT2D eigenvalue weighted by atomic mass is 79.9. The van der Waals surface area contributed by atoms with Gasteiger partial charge < -0.3 is 5.11 Å². The van der Waals surface area contributed by atoms with Crippen LogP contribution in [0.25, 0.3) is 27.8 Å². The van der Waals surface area contributed by atoms with Gasteiger partial charge >= 0.3 is 0 Å². The van der Waals surface area contributed by atoms with Crippen LogP contribution in [0.4, 0.5) is 0 Å². The molecule has 3 nitrogen and oxygen atoms in total. The molecule has 6 rings (SSSR count). The summed E-state index contributed by atoms with van der Waals surface area (Å²) < 4.78 is 2.94. The zero-order valence-corrected chi connectivity index (χ0v) is 17.5. The van der Waals surface area contributed by atoms with Crippen molar-refractivity contribution in [2.45, 2.75) is 5.60 Å². The van der Waals surface area contributed by atoms with Crippen molar-refractivity contribution in [1.29, 1.82) is 0 Å². The maximum Gasteiger partial charge on any atom is 0.177 e. The van der Waals surface area contributed by atoms with Crippen molar-refractivity contribution < 1.29 is 5.11 Å². The average Bonchev–Trinajstić information content (AvgIpc) is 3.30. The second-order valence-electron chi connectivity index (χ2n) is 7.52. The number of rotatable bonds is 2. The number of benzene rings is 4. The van der Waals surface area contributed by atoms with E-state index in [4.69, 9.17) is 4.98 Å². The van der Waals surface area contributed by atoms with Gasteiger partial charge in [0.15, 0.2) is 11.4 Å². The van der Waals surface area contributed by atoms with Gasteiger partial charge in [-0.15, -0.1) is 0 Å². The third kappa shape index (κ3) is 2.26. The minimum atomic E-state index is -1.39. The first kappa shape index (κ1) is 17.6. The molecule has 0 amide bonds. The Morgan fingerprint density at radius 1 is 0.767 bits per heavy atom. The number of aliphatic hydroxyl groups is 1. The Morgan fingerprint density at radius 2 is 1.50 bits per heavy atom. The van der Waals surface area contributed by atoms with Gasteiger partial charge in [0.2, 0.25) is 0 Å². The molecule has 1 aliphatic rings. The summed E-state index contributed by atoms with van der Waals surface area (Å²) in [7, 11) is 0. The van der Waals surface area contributed by atoms with Gasteiger partial charge in [0, 0.05) is 15.6 Å². The maximum absolute atomic E-state index is 12.5. The van der Waals surface area contributed by atoms with Gasteiger partial charge in [-0.2, -0.15) is 0 Å². The molecule has 0 aliphatic carbocycles. The summed E-state index contributed by atoms with van der Waals surface area (Å²) in [6, 6.07) is 32.3. The normalized spacial score (nSPS) is 17.1. The second-order valence-corrected chi connectivity index (χ2v) is 8.37. The van der Waals surface area contributed by atoms with Gasteiger partial charge in [0.25, 0.3) is 0 Å². The third-order valence-corrected chi connectivity index (χ3v) is 6.54. The van der Waals surface area contributed by atoms with Crippen LogP contribution in [0.2, 0.25) is 0 Å². The lowest BCUT2D eigenvalue weighted by atomic mass is 9.82. The van der Waals surface area contributed by atoms with Gasteiger partial charge in [0.05, 0.1) is 16.7 Å². The highest BCUT2D eigenvalue weighted by molar-refractivity contribution is 9.10. The highest BCUT2D eigenvalue weighted by Crippen LogP contribution is 2.51. The van der Waals surface area contributed by atoms with Crippen LogP contribution in [0, 0.1) is 0 Å². The lowest BCUT2D eigenvalue weighted by Gasteiger charge is -2.27. The largest absolute Gasteiger partial charge is 0.373 e. The van der Waals surface area contributed by atoms with Gasteiger partial charge in [-0.05, 0) is 35.4 Å². The molecule has 144 valence electrons. The molecule has 0 radical (unpaired) electrons. The van der Waals surface area contributed by atoms with Crippen molar-refractivity contribution in [3.05, 3.63) is 118 Å². The SMILES string of the molecule is OC1(c2ccccc2-c2ccccc2)c2c(Br)cccc2-n2c1nc1ccccc12. The van der Waals surface area contributed by atoms with E-state index in [0.29, 0.717) is 5.82 Å². The van der Waals surface area contributed by atoms with Crippen LogP contribution in [-0.4, -0.2) is 14.7 Å². The number of aromatic nitrogens is 2. The van der Waals surface area contributed by atoms with Gasteiger partial charge in [-0.3, -0.25) is 4.57 Å². The number of imidazole rings is 1. The van der Waals surface area contributed by atoms with E-state index in [1.807, 2.05) is 78.9 Å². The Balaban J connectivity index is 1.75. The van der Waals surface area contributed by atoms with E-state index in [-0.39, 0.29) is 0 Å². The molecule has 2 heterocycles. The molecule has 0 fully saturated rings. The average molecular weight is 453 g/mol. The van der Waals surface area contributed by atoms with Crippen molar-refractivity contribution in [3.63, 3.8) is 0 Å². The fourth-order valence-corrected chi connectivity index (χ4v) is 5.25. The minimum absolute atomic E-state index is 0.619. The van der Waals surface area contributed by atoms with E-state index in [1.165, 1.54) is 0 Å². The summed E-state index contributed by atoms with van der Waals surface area (Å²) in [5.41, 5.74) is 5.10. The van der Waals surface area contributed by atoms with Crippen molar-refractivity contribution >= 4 is 27.0 Å². The molecular weight excluding hydrogens is 436 g/mol. The van der Waals surface area contributed by atoms with Crippen LogP contribution < -0.4 is 0 Å². The molecular formula is C26H17BrN2O. The Bertz CT molecular complexity index is 1420. The van der Waals surface area contributed by atoms with E-state index in [1.54, 1.807) is 0 Å². The third-order valence-electron chi connectivity index (χ3n) is 5.88. The van der Waals surface area contributed by atoms with E-state index in [2.05, 4.69) is 38.7 Å². The summed E-state index contributed by atoms with van der Waals surface area (Å²) in [4.78, 5) is 4.91. The maximum atomic E-state index is 12.5. The molecule has 4 aromatic carbocycles. The van der Waals surface area contributed by atoms with Gasteiger partial charge in [0.1, 0.15) is 0 Å². The number of halogens is 1. The fraction of sp³-hybridized carbons (Fsp3) is 0.0385. The first-order valence-electron chi connectivity index (χ1n) is 9.84. The minimum Gasteiger partial charge on any atom is -0.373 e. The number of hydrogen-bond acceptors (Lipinski definition) is 2. The van der Waals surface area contributed by atoms with E-state index in [9.17, 15) is 5.11 Å². The van der Waals surface area contributed by atoms with Crippen molar-refractivity contribution in [1.82, 2.24) is 9.55 Å². The molecule has 1 aromatic heterocycles. The zero-order chi connectivity index (χ0) is 20.3. The van der Waals surface area contributed by atoms with Gasteiger partial charge in [-0.1, -0.05) is 88.7 Å². The molecule has 1 aliphatic heterocycles. The number of hydrogen-bond donors (Lipinski definition) is 1. The van der Waals surface area contributed by atoms with Crippen LogP contribution in [0.5, 0.6) is 0 Å². The zero-order valence-electron chi connectivity index (χ0n) is 16.0. The molecule has 0 spiro atoms. The quantitative estimate of drug-likeness (QED) is 0.353. The predicted molar refractivity (Wildman–Crippen MR) is 123 cm³/mol. The Labute approximate surface area is 182 Å². The molecule has 1 atom stereocenters. The molecule has 0 bridgehead atoms. The van der Waals surface area contributed by atoms with Crippen LogP contribution >= 0.6 is 15.9 Å². The number of nitrogens with zero attached hydrogens (tertiary/aromatic N) is 2.